The van der Waals surface area contributed by atoms with Crippen LogP contribution in [-0.4, -0.2) is 79.0 Å². The van der Waals surface area contributed by atoms with E-state index in [1.807, 2.05) is 0 Å². The largest absolute Gasteiger partial charge is 0.379 e. The van der Waals surface area contributed by atoms with E-state index in [9.17, 15) is 4.79 Å². The Balaban J connectivity index is 1.51. The van der Waals surface area contributed by atoms with E-state index < -0.39 is 0 Å². The zero-order valence-electron chi connectivity index (χ0n) is 17.4. The first kappa shape index (κ1) is 23.7. The van der Waals surface area contributed by atoms with Gasteiger partial charge in [-0.3, -0.25) is 4.79 Å². The maximum absolute atomic E-state index is 12.2. The number of hydrogen-bond acceptors (Lipinski definition) is 9. The van der Waals surface area contributed by atoms with E-state index in [1.165, 1.54) is 0 Å². The quantitative estimate of drug-likeness (QED) is 0.402. The van der Waals surface area contributed by atoms with Crippen molar-refractivity contribution in [2.24, 2.45) is 5.73 Å². The van der Waals surface area contributed by atoms with Gasteiger partial charge in [-0.25, -0.2) is 0 Å². The van der Waals surface area contributed by atoms with E-state index in [1.54, 1.807) is 31.2 Å². The Morgan fingerprint density at radius 1 is 0.867 bits per heavy atom. The maximum atomic E-state index is 12.2. The number of aromatic nitrogens is 4. The van der Waals surface area contributed by atoms with Gasteiger partial charge in [0.1, 0.15) is 0 Å². The summed E-state index contributed by atoms with van der Waals surface area (Å²) in [6, 6.07) is 6.99. The van der Waals surface area contributed by atoms with Crippen LogP contribution in [-0.2, 0) is 14.2 Å². The number of ether oxygens (including phenoxy) is 3. The van der Waals surface area contributed by atoms with Gasteiger partial charge in [0.05, 0.1) is 26.4 Å². The van der Waals surface area contributed by atoms with Gasteiger partial charge in [0.15, 0.2) is 5.82 Å². The van der Waals surface area contributed by atoms with Crippen LogP contribution in [0.3, 0.4) is 0 Å². The fourth-order valence-electron chi connectivity index (χ4n) is 2.37. The third-order valence-corrected chi connectivity index (χ3v) is 3.97. The van der Waals surface area contributed by atoms with Crippen LogP contribution >= 0.6 is 0 Å². The summed E-state index contributed by atoms with van der Waals surface area (Å²) in [7, 11) is 0. The van der Waals surface area contributed by atoms with Crippen LogP contribution < -0.4 is 11.1 Å². The molecular formula is C20H30N6O4. The zero-order chi connectivity index (χ0) is 21.4. The number of rotatable bonds is 15. The van der Waals surface area contributed by atoms with Crippen LogP contribution in [0.25, 0.3) is 11.4 Å². The molecule has 2 rings (SSSR count). The summed E-state index contributed by atoms with van der Waals surface area (Å²) < 4.78 is 16.2. The van der Waals surface area contributed by atoms with Crippen LogP contribution in [0.15, 0.2) is 24.3 Å². The van der Waals surface area contributed by atoms with Gasteiger partial charge in [-0.2, -0.15) is 0 Å². The Kier molecular flexibility index (Phi) is 11.4. The first-order valence-corrected chi connectivity index (χ1v) is 10.1. The number of hydrogen-bond donors (Lipinski definition) is 2. The SMILES string of the molecule is Cc1nnc(-c2ccc(C(=O)NCCCOCCOCCOCCCN)cc2)nn1. The average Bonchev–Trinajstić information content (AvgIpc) is 2.77. The summed E-state index contributed by atoms with van der Waals surface area (Å²) in [4.78, 5) is 12.2. The third kappa shape index (κ3) is 9.31. The predicted molar refractivity (Wildman–Crippen MR) is 111 cm³/mol. The minimum absolute atomic E-state index is 0.138. The van der Waals surface area contributed by atoms with Crippen molar-refractivity contribution >= 4 is 5.91 Å². The molecular weight excluding hydrogens is 388 g/mol. The minimum Gasteiger partial charge on any atom is -0.379 e. The molecule has 0 aliphatic heterocycles. The number of amides is 1. The lowest BCUT2D eigenvalue weighted by Crippen LogP contribution is -2.25. The van der Waals surface area contributed by atoms with E-state index in [2.05, 4.69) is 25.7 Å². The molecule has 1 amide bonds. The molecule has 1 heterocycles. The molecule has 0 aliphatic carbocycles. The van der Waals surface area contributed by atoms with Gasteiger partial charge in [0.25, 0.3) is 5.91 Å². The summed E-state index contributed by atoms with van der Waals surface area (Å²) in [6.45, 7) is 6.27. The molecule has 0 unspecified atom stereocenters. The molecule has 2 aromatic rings. The van der Waals surface area contributed by atoms with Gasteiger partial charge in [-0.15, -0.1) is 20.4 Å². The normalized spacial score (nSPS) is 10.9. The monoisotopic (exact) mass is 418 g/mol. The maximum Gasteiger partial charge on any atom is 0.251 e. The first-order chi connectivity index (χ1) is 14.7. The Morgan fingerprint density at radius 3 is 2.03 bits per heavy atom. The van der Waals surface area contributed by atoms with Crippen LogP contribution in [0, 0.1) is 6.92 Å². The lowest BCUT2D eigenvalue weighted by Gasteiger charge is -2.08. The highest BCUT2D eigenvalue weighted by molar-refractivity contribution is 5.94. The number of carbonyl (C=O) groups is 1. The standard InChI is InChI=1S/C20H30N6O4/c1-16-23-25-19(26-24-16)17-4-6-18(7-5-17)20(27)22-9-3-11-29-13-15-30-14-12-28-10-2-8-21/h4-7H,2-3,8-15,21H2,1H3,(H,22,27). The topological polar surface area (TPSA) is 134 Å². The molecule has 0 atom stereocenters. The fourth-order valence-corrected chi connectivity index (χ4v) is 2.37. The van der Waals surface area contributed by atoms with Crippen molar-refractivity contribution in [1.29, 1.82) is 0 Å². The van der Waals surface area contributed by atoms with Gasteiger partial charge in [-0.05, 0) is 38.4 Å². The number of nitrogens with two attached hydrogens (primary N) is 1. The van der Waals surface area contributed by atoms with Crippen molar-refractivity contribution in [1.82, 2.24) is 25.7 Å². The van der Waals surface area contributed by atoms with Gasteiger partial charge >= 0.3 is 0 Å². The van der Waals surface area contributed by atoms with Crippen molar-refractivity contribution in [3.8, 4) is 11.4 Å². The fraction of sp³-hybridized carbons (Fsp3) is 0.550. The molecule has 10 nitrogen and oxygen atoms in total. The van der Waals surface area contributed by atoms with E-state index in [-0.39, 0.29) is 5.91 Å². The highest BCUT2D eigenvalue weighted by Gasteiger charge is 2.07. The van der Waals surface area contributed by atoms with Crippen LogP contribution in [0.5, 0.6) is 0 Å². The highest BCUT2D eigenvalue weighted by Crippen LogP contribution is 2.13. The van der Waals surface area contributed by atoms with E-state index in [0.717, 1.165) is 18.4 Å². The van der Waals surface area contributed by atoms with E-state index in [4.69, 9.17) is 19.9 Å². The van der Waals surface area contributed by atoms with E-state index in [0.29, 0.717) is 69.9 Å². The molecule has 0 saturated heterocycles. The molecule has 0 aliphatic rings. The Labute approximate surface area is 176 Å². The van der Waals surface area contributed by atoms with Crippen molar-refractivity contribution in [3.63, 3.8) is 0 Å². The number of benzene rings is 1. The zero-order valence-corrected chi connectivity index (χ0v) is 17.4. The molecule has 0 bridgehead atoms. The van der Waals surface area contributed by atoms with Crippen LogP contribution in [0.4, 0.5) is 0 Å². The molecule has 3 N–H and O–H groups in total. The summed E-state index contributed by atoms with van der Waals surface area (Å²) in [5.41, 5.74) is 6.69. The third-order valence-electron chi connectivity index (χ3n) is 3.97. The van der Waals surface area contributed by atoms with Crippen molar-refractivity contribution in [2.75, 3.05) is 52.7 Å². The molecule has 164 valence electrons. The summed E-state index contributed by atoms with van der Waals surface area (Å²) in [5.74, 6) is 0.795. The van der Waals surface area contributed by atoms with Gasteiger partial charge in [0, 0.05) is 30.9 Å². The molecule has 1 aromatic carbocycles. The molecule has 0 fully saturated rings. The average molecular weight is 418 g/mol. The van der Waals surface area contributed by atoms with E-state index >= 15 is 0 Å². The second-order valence-corrected chi connectivity index (χ2v) is 6.44. The van der Waals surface area contributed by atoms with Crippen molar-refractivity contribution in [3.05, 3.63) is 35.7 Å². The number of carbonyl (C=O) groups excluding carboxylic acids is 1. The van der Waals surface area contributed by atoms with Gasteiger partial charge in [0.2, 0.25) is 5.82 Å². The minimum atomic E-state index is -0.138. The van der Waals surface area contributed by atoms with Gasteiger partial charge < -0.3 is 25.3 Å². The number of nitrogens with zero attached hydrogens (tertiary/aromatic N) is 4. The summed E-state index contributed by atoms with van der Waals surface area (Å²) in [5, 5.41) is 18.6. The Morgan fingerprint density at radius 2 is 1.43 bits per heavy atom. The molecule has 0 radical (unpaired) electrons. The van der Waals surface area contributed by atoms with Crippen molar-refractivity contribution in [2.45, 2.75) is 19.8 Å². The number of aryl methyl sites for hydroxylation is 1. The Hall–Kier alpha value is -2.53. The lowest BCUT2D eigenvalue weighted by atomic mass is 10.1. The molecule has 0 spiro atoms. The molecule has 10 heteroatoms. The highest BCUT2D eigenvalue weighted by atomic mass is 16.5. The predicted octanol–water partition coefficient (Wildman–Crippen LogP) is 0.761. The lowest BCUT2D eigenvalue weighted by molar-refractivity contribution is 0.0141. The van der Waals surface area contributed by atoms with Crippen molar-refractivity contribution < 1.29 is 19.0 Å². The van der Waals surface area contributed by atoms with Crippen LogP contribution in [0.1, 0.15) is 29.0 Å². The smallest absolute Gasteiger partial charge is 0.251 e. The first-order valence-electron chi connectivity index (χ1n) is 10.1. The number of nitrogens with one attached hydrogen (secondary N) is 1. The molecule has 30 heavy (non-hydrogen) atoms. The Bertz CT molecular complexity index is 727. The second-order valence-electron chi connectivity index (χ2n) is 6.44. The second kappa shape index (κ2) is 14.5. The molecule has 0 saturated carbocycles. The molecule has 1 aromatic heterocycles. The summed E-state index contributed by atoms with van der Waals surface area (Å²) >= 11 is 0. The van der Waals surface area contributed by atoms with Crippen LogP contribution in [0.2, 0.25) is 0 Å². The summed E-state index contributed by atoms with van der Waals surface area (Å²) in [6.07, 6.45) is 1.59. The van der Waals surface area contributed by atoms with Gasteiger partial charge in [-0.1, -0.05) is 12.1 Å².